The van der Waals surface area contributed by atoms with Crippen molar-refractivity contribution in [1.82, 2.24) is 14.5 Å². The number of nitrogen functional groups attached to an aromatic ring is 1. The monoisotopic (exact) mass is 308 g/mol. The van der Waals surface area contributed by atoms with Crippen molar-refractivity contribution < 1.29 is 20.1 Å². The maximum atomic E-state index is 11.9. The quantitative estimate of drug-likeness (QED) is 0.518. The van der Waals surface area contributed by atoms with Gasteiger partial charge in [0.15, 0.2) is 17.3 Å². The van der Waals surface area contributed by atoms with E-state index in [0.717, 1.165) is 0 Å². The molecule has 0 bridgehead atoms. The number of pyridine rings is 1. The molecule has 1 aliphatic heterocycles. The fraction of sp³-hybridized carbons (Fsp3) is 0.462. The standard InChI is InChI=1S/C13H16N4O5/c1-13(21)9(20)7(4-18)22-12(13)17-3-2-6(19)8-10(14)15-5-16-11(8)17/h2-3,5,7,9,12,18,20-21H,4H2,1H3,(H2,14,15,16). The molecule has 0 amide bonds. The first-order chi connectivity index (χ1) is 10.4. The Balaban J connectivity index is 2.22. The molecule has 3 heterocycles. The lowest BCUT2D eigenvalue weighted by Crippen LogP contribution is -2.44. The number of fused-ring (bicyclic) bond motifs is 1. The number of anilines is 1. The Morgan fingerprint density at radius 1 is 1.50 bits per heavy atom. The van der Waals surface area contributed by atoms with E-state index >= 15 is 0 Å². The van der Waals surface area contributed by atoms with Crippen molar-refractivity contribution >= 4 is 16.9 Å². The number of aromatic nitrogens is 3. The van der Waals surface area contributed by atoms with Gasteiger partial charge in [-0.15, -0.1) is 0 Å². The third kappa shape index (κ3) is 1.98. The van der Waals surface area contributed by atoms with Crippen LogP contribution in [0.1, 0.15) is 13.2 Å². The summed E-state index contributed by atoms with van der Waals surface area (Å²) in [7, 11) is 0. The average Bonchev–Trinajstić information content (AvgIpc) is 2.71. The van der Waals surface area contributed by atoms with Crippen LogP contribution in [-0.2, 0) is 4.74 Å². The zero-order chi connectivity index (χ0) is 16.1. The van der Waals surface area contributed by atoms with Crippen molar-refractivity contribution in [1.29, 1.82) is 0 Å². The maximum absolute atomic E-state index is 11.9. The van der Waals surface area contributed by atoms with Gasteiger partial charge in [-0.1, -0.05) is 0 Å². The lowest BCUT2D eigenvalue weighted by Gasteiger charge is -2.28. The molecule has 1 aliphatic rings. The van der Waals surface area contributed by atoms with Gasteiger partial charge in [-0.25, -0.2) is 9.97 Å². The summed E-state index contributed by atoms with van der Waals surface area (Å²) in [5.41, 5.74) is 3.85. The molecule has 22 heavy (non-hydrogen) atoms. The van der Waals surface area contributed by atoms with Crippen LogP contribution < -0.4 is 11.2 Å². The Morgan fingerprint density at radius 3 is 2.86 bits per heavy atom. The van der Waals surface area contributed by atoms with Gasteiger partial charge in [-0.2, -0.15) is 0 Å². The number of aliphatic hydroxyl groups is 3. The second-order valence-corrected chi connectivity index (χ2v) is 5.42. The molecule has 0 aliphatic carbocycles. The van der Waals surface area contributed by atoms with Gasteiger partial charge in [0.2, 0.25) is 0 Å². The summed E-state index contributed by atoms with van der Waals surface area (Å²) in [6.45, 7) is 0.926. The number of hydrogen-bond donors (Lipinski definition) is 4. The molecular formula is C13H16N4O5. The molecule has 0 spiro atoms. The van der Waals surface area contributed by atoms with Crippen molar-refractivity contribution in [3.05, 3.63) is 28.8 Å². The van der Waals surface area contributed by atoms with E-state index in [1.54, 1.807) is 0 Å². The van der Waals surface area contributed by atoms with E-state index in [9.17, 15) is 20.1 Å². The second kappa shape index (κ2) is 4.99. The highest BCUT2D eigenvalue weighted by atomic mass is 16.6. The maximum Gasteiger partial charge on any atom is 0.194 e. The van der Waals surface area contributed by atoms with Crippen LogP contribution in [0.3, 0.4) is 0 Å². The fourth-order valence-corrected chi connectivity index (χ4v) is 2.70. The van der Waals surface area contributed by atoms with Crippen LogP contribution in [0.4, 0.5) is 5.82 Å². The van der Waals surface area contributed by atoms with E-state index in [-0.39, 0.29) is 22.3 Å². The van der Waals surface area contributed by atoms with Crippen LogP contribution >= 0.6 is 0 Å². The Labute approximate surface area is 124 Å². The van der Waals surface area contributed by atoms with Crippen molar-refractivity contribution in [3.8, 4) is 0 Å². The number of aliphatic hydroxyl groups excluding tert-OH is 2. The number of ether oxygens (including phenoxy) is 1. The van der Waals surface area contributed by atoms with Gasteiger partial charge in [-0.3, -0.25) is 4.79 Å². The van der Waals surface area contributed by atoms with Gasteiger partial charge in [0.25, 0.3) is 0 Å². The van der Waals surface area contributed by atoms with Gasteiger partial charge in [0.05, 0.1) is 6.61 Å². The molecular weight excluding hydrogens is 292 g/mol. The molecule has 9 heteroatoms. The molecule has 9 nitrogen and oxygen atoms in total. The summed E-state index contributed by atoms with van der Waals surface area (Å²) in [4.78, 5) is 19.8. The van der Waals surface area contributed by atoms with Gasteiger partial charge >= 0.3 is 0 Å². The Morgan fingerprint density at radius 2 is 2.23 bits per heavy atom. The molecule has 1 fully saturated rings. The highest BCUT2D eigenvalue weighted by Crippen LogP contribution is 2.38. The first-order valence-corrected chi connectivity index (χ1v) is 6.66. The summed E-state index contributed by atoms with van der Waals surface area (Å²) >= 11 is 0. The van der Waals surface area contributed by atoms with Crippen LogP contribution in [0.25, 0.3) is 11.0 Å². The van der Waals surface area contributed by atoms with Gasteiger partial charge in [-0.05, 0) is 6.92 Å². The first-order valence-electron chi connectivity index (χ1n) is 6.66. The molecule has 0 saturated carbocycles. The summed E-state index contributed by atoms with van der Waals surface area (Å²) < 4.78 is 6.92. The van der Waals surface area contributed by atoms with Gasteiger partial charge in [0.1, 0.15) is 35.3 Å². The van der Waals surface area contributed by atoms with Gasteiger partial charge in [0, 0.05) is 12.3 Å². The summed E-state index contributed by atoms with van der Waals surface area (Å²) in [6.07, 6.45) is -0.707. The van der Waals surface area contributed by atoms with E-state index < -0.39 is 30.6 Å². The molecule has 5 N–H and O–H groups in total. The lowest BCUT2D eigenvalue weighted by atomic mass is 9.96. The Hall–Kier alpha value is -2.07. The predicted octanol–water partition coefficient (Wildman–Crippen LogP) is -1.62. The largest absolute Gasteiger partial charge is 0.394 e. The highest BCUT2D eigenvalue weighted by Gasteiger charge is 2.53. The minimum atomic E-state index is -1.69. The molecule has 0 radical (unpaired) electrons. The number of rotatable bonds is 2. The van der Waals surface area contributed by atoms with Crippen molar-refractivity contribution in [2.75, 3.05) is 12.3 Å². The fourth-order valence-electron chi connectivity index (χ4n) is 2.70. The highest BCUT2D eigenvalue weighted by molar-refractivity contribution is 5.84. The summed E-state index contributed by atoms with van der Waals surface area (Å²) in [6, 6.07) is 1.25. The molecule has 4 atom stereocenters. The lowest BCUT2D eigenvalue weighted by molar-refractivity contribution is -0.0950. The molecule has 2 aromatic heterocycles. The van der Waals surface area contributed by atoms with Crippen LogP contribution in [0, 0.1) is 0 Å². The van der Waals surface area contributed by atoms with Crippen LogP contribution in [-0.4, -0.2) is 54.3 Å². The molecule has 1 saturated heterocycles. The molecule has 4 unspecified atom stereocenters. The third-order valence-electron chi connectivity index (χ3n) is 3.92. The number of hydrogen-bond acceptors (Lipinski definition) is 8. The first kappa shape index (κ1) is 14.9. The predicted molar refractivity (Wildman–Crippen MR) is 75.8 cm³/mol. The van der Waals surface area contributed by atoms with E-state index in [1.807, 2.05) is 0 Å². The van der Waals surface area contributed by atoms with E-state index in [0.29, 0.717) is 0 Å². The topological polar surface area (TPSA) is 144 Å². The van der Waals surface area contributed by atoms with Crippen LogP contribution in [0.2, 0.25) is 0 Å². The second-order valence-electron chi connectivity index (χ2n) is 5.42. The summed E-state index contributed by atoms with van der Waals surface area (Å²) in [5.74, 6) is 0.0150. The zero-order valence-electron chi connectivity index (χ0n) is 11.7. The summed E-state index contributed by atoms with van der Waals surface area (Å²) in [5, 5.41) is 29.9. The molecule has 3 rings (SSSR count). The number of nitrogens with zero attached hydrogens (tertiary/aromatic N) is 3. The van der Waals surface area contributed by atoms with Crippen molar-refractivity contribution in [2.24, 2.45) is 0 Å². The van der Waals surface area contributed by atoms with Crippen LogP contribution in [0.5, 0.6) is 0 Å². The smallest absolute Gasteiger partial charge is 0.194 e. The number of nitrogens with two attached hydrogens (primary N) is 1. The SMILES string of the molecule is CC1(O)C(O)C(CO)OC1n1ccc(=O)c2c(N)ncnc21. The molecule has 118 valence electrons. The molecule has 0 aromatic carbocycles. The normalized spacial score (nSPS) is 31.7. The van der Waals surface area contributed by atoms with E-state index in [4.69, 9.17) is 10.5 Å². The van der Waals surface area contributed by atoms with E-state index in [1.165, 1.54) is 30.1 Å². The molecule has 2 aromatic rings. The Kier molecular flexibility index (Phi) is 3.37. The Bertz CT molecular complexity index is 775. The van der Waals surface area contributed by atoms with Crippen LogP contribution in [0.15, 0.2) is 23.4 Å². The van der Waals surface area contributed by atoms with Crippen molar-refractivity contribution in [2.45, 2.75) is 31.0 Å². The van der Waals surface area contributed by atoms with E-state index in [2.05, 4.69) is 9.97 Å². The van der Waals surface area contributed by atoms with Gasteiger partial charge < -0.3 is 30.4 Å². The third-order valence-corrected chi connectivity index (χ3v) is 3.92. The average molecular weight is 308 g/mol. The minimum absolute atomic E-state index is 0.0150. The van der Waals surface area contributed by atoms with Crippen molar-refractivity contribution in [3.63, 3.8) is 0 Å². The zero-order valence-corrected chi connectivity index (χ0v) is 11.7. The minimum Gasteiger partial charge on any atom is -0.394 e.